The van der Waals surface area contributed by atoms with E-state index in [9.17, 15) is 4.79 Å². The Kier molecular flexibility index (Phi) is 5.34. The lowest BCUT2D eigenvalue weighted by Crippen LogP contribution is -2.47. The standard InChI is InChI=1S/C16H19NO4/c1-12-4-5-13(3-2-7-18)15(9-12)16(20)17-6-8-21-14(10-17)11-19/h4-5,9,14,18-19H,6-8,10-11H2,1H3. The van der Waals surface area contributed by atoms with Gasteiger partial charge >= 0.3 is 0 Å². The number of amides is 1. The van der Waals surface area contributed by atoms with Crippen molar-refractivity contribution in [3.05, 3.63) is 34.9 Å². The van der Waals surface area contributed by atoms with Crippen LogP contribution in [-0.2, 0) is 4.74 Å². The molecule has 0 spiro atoms. The first kappa shape index (κ1) is 15.5. The van der Waals surface area contributed by atoms with Crippen LogP contribution in [-0.4, -0.2) is 60.0 Å². The smallest absolute Gasteiger partial charge is 0.255 e. The van der Waals surface area contributed by atoms with E-state index in [1.807, 2.05) is 13.0 Å². The number of aryl methyl sites for hydroxylation is 1. The van der Waals surface area contributed by atoms with E-state index < -0.39 is 0 Å². The molecule has 0 bridgehead atoms. The maximum absolute atomic E-state index is 12.7. The number of rotatable bonds is 2. The summed E-state index contributed by atoms with van der Waals surface area (Å²) >= 11 is 0. The van der Waals surface area contributed by atoms with Crippen molar-refractivity contribution in [1.29, 1.82) is 0 Å². The highest BCUT2D eigenvalue weighted by Gasteiger charge is 2.25. The molecule has 1 aromatic carbocycles. The predicted octanol–water partition coefficient (Wildman–Crippen LogP) is 0.172. The fraction of sp³-hybridized carbons (Fsp3) is 0.438. The third kappa shape index (κ3) is 3.82. The highest BCUT2D eigenvalue weighted by atomic mass is 16.5. The Hall–Kier alpha value is -1.87. The third-order valence-corrected chi connectivity index (χ3v) is 3.34. The Bertz CT molecular complexity index is 573. The van der Waals surface area contributed by atoms with Crippen molar-refractivity contribution in [1.82, 2.24) is 4.90 Å². The Labute approximate surface area is 124 Å². The van der Waals surface area contributed by atoms with Crippen molar-refractivity contribution in [3.63, 3.8) is 0 Å². The van der Waals surface area contributed by atoms with Crippen LogP contribution in [0.2, 0.25) is 0 Å². The Morgan fingerprint density at radius 2 is 2.29 bits per heavy atom. The molecular formula is C16H19NO4. The largest absolute Gasteiger partial charge is 0.394 e. The first-order valence-corrected chi connectivity index (χ1v) is 6.88. The number of ether oxygens (including phenoxy) is 1. The molecule has 2 N–H and O–H groups in total. The minimum Gasteiger partial charge on any atom is -0.394 e. The summed E-state index contributed by atoms with van der Waals surface area (Å²) in [5.74, 6) is 5.26. The monoisotopic (exact) mass is 289 g/mol. The molecule has 1 atom stereocenters. The molecule has 2 rings (SSSR count). The summed E-state index contributed by atoms with van der Waals surface area (Å²) in [4.78, 5) is 14.3. The van der Waals surface area contributed by atoms with Crippen LogP contribution < -0.4 is 0 Å². The van der Waals surface area contributed by atoms with E-state index >= 15 is 0 Å². The summed E-state index contributed by atoms with van der Waals surface area (Å²) in [5, 5.41) is 18.0. The Morgan fingerprint density at radius 3 is 3.00 bits per heavy atom. The minimum absolute atomic E-state index is 0.102. The summed E-state index contributed by atoms with van der Waals surface area (Å²) in [6.07, 6.45) is -0.334. The van der Waals surface area contributed by atoms with Gasteiger partial charge in [-0.15, -0.1) is 0 Å². The molecule has 5 nitrogen and oxygen atoms in total. The number of aliphatic hydroxyl groups is 2. The van der Waals surface area contributed by atoms with Gasteiger partial charge < -0.3 is 19.8 Å². The highest BCUT2D eigenvalue weighted by molar-refractivity contribution is 5.97. The molecule has 1 aliphatic heterocycles. The van der Waals surface area contributed by atoms with Gasteiger partial charge in [-0.05, 0) is 19.1 Å². The van der Waals surface area contributed by atoms with Crippen LogP contribution in [0.1, 0.15) is 21.5 Å². The first-order chi connectivity index (χ1) is 10.2. The van der Waals surface area contributed by atoms with E-state index in [1.54, 1.807) is 17.0 Å². The topological polar surface area (TPSA) is 70.0 Å². The zero-order valence-electron chi connectivity index (χ0n) is 12.0. The molecule has 0 aromatic heterocycles. The molecule has 112 valence electrons. The maximum atomic E-state index is 12.7. The van der Waals surface area contributed by atoms with Crippen molar-refractivity contribution >= 4 is 5.91 Å². The quantitative estimate of drug-likeness (QED) is 0.762. The Balaban J connectivity index is 2.27. The lowest BCUT2D eigenvalue weighted by Gasteiger charge is -2.32. The Morgan fingerprint density at radius 1 is 1.48 bits per heavy atom. The zero-order valence-corrected chi connectivity index (χ0v) is 12.0. The average molecular weight is 289 g/mol. The lowest BCUT2D eigenvalue weighted by atomic mass is 10.0. The number of morpholine rings is 1. The first-order valence-electron chi connectivity index (χ1n) is 6.88. The molecule has 1 unspecified atom stereocenters. The van der Waals surface area contributed by atoms with Crippen LogP contribution in [0.5, 0.6) is 0 Å². The molecule has 1 heterocycles. The van der Waals surface area contributed by atoms with Crippen molar-refractivity contribution in [3.8, 4) is 11.8 Å². The second kappa shape index (κ2) is 7.23. The van der Waals surface area contributed by atoms with Crippen LogP contribution in [0.4, 0.5) is 0 Å². The number of carbonyl (C=O) groups excluding carboxylic acids is 1. The van der Waals surface area contributed by atoms with Crippen LogP contribution in [0.3, 0.4) is 0 Å². The van der Waals surface area contributed by atoms with Gasteiger partial charge in [-0.1, -0.05) is 23.5 Å². The highest BCUT2D eigenvalue weighted by Crippen LogP contribution is 2.16. The van der Waals surface area contributed by atoms with Gasteiger partial charge in [0.1, 0.15) is 6.61 Å². The molecule has 1 fully saturated rings. The number of aliphatic hydroxyl groups excluding tert-OH is 2. The number of hydrogen-bond donors (Lipinski definition) is 2. The molecule has 21 heavy (non-hydrogen) atoms. The molecule has 0 radical (unpaired) electrons. The molecule has 1 aromatic rings. The van der Waals surface area contributed by atoms with Gasteiger partial charge in [0, 0.05) is 18.7 Å². The number of carbonyl (C=O) groups is 1. The van der Waals surface area contributed by atoms with E-state index in [0.717, 1.165) is 5.56 Å². The van der Waals surface area contributed by atoms with Crippen LogP contribution in [0, 0.1) is 18.8 Å². The molecule has 0 aliphatic carbocycles. The van der Waals surface area contributed by atoms with Crippen molar-refractivity contribution < 1.29 is 19.7 Å². The molecule has 1 saturated heterocycles. The van der Waals surface area contributed by atoms with Crippen molar-refractivity contribution in [2.75, 3.05) is 32.9 Å². The van der Waals surface area contributed by atoms with E-state index in [2.05, 4.69) is 11.8 Å². The average Bonchev–Trinajstić information content (AvgIpc) is 2.53. The summed E-state index contributed by atoms with van der Waals surface area (Å²) in [6, 6.07) is 5.47. The number of benzene rings is 1. The normalized spacial score (nSPS) is 18.0. The summed E-state index contributed by atoms with van der Waals surface area (Å²) < 4.78 is 5.36. The maximum Gasteiger partial charge on any atom is 0.255 e. The number of nitrogens with zero attached hydrogens (tertiary/aromatic N) is 1. The molecule has 1 amide bonds. The van der Waals surface area contributed by atoms with Crippen molar-refractivity contribution in [2.24, 2.45) is 0 Å². The van der Waals surface area contributed by atoms with E-state index in [4.69, 9.17) is 14.9 Å². The molecule has 1 aliphatic rings. The van der Waals surface area contributed by atoms with E-state index in [1.165, 1.54) is 0 Å². The van der Waals surface area contributed by atoms with Gasteiger partial charge in [-0.25, -0.2) is 0 Å². The SMILES string of the molecule is Cc1ccc(C#CCO)c(C(=O)N2CCOC(CO)C2)c1. The second-order valence-electron chi connectivity index (χ2n) is 4.94. The van der Waals surface area contributed by atoms with Gasteiger partial charge in [-0.3, -0.25) is 4.79 Å². The van der Waals surface area contributed by atoms with Crippen LogP contribution >= 0.6 is 0 Å². The van der Waals surface area contributed by atoms with Crippen LogP contribution in [0.25, 0.3) is 0 Å². The third-order valence-electron chi connectivity index (χ3n) is 3.34. The van der Waals surface area contributed by atoms with E-state index in [0.29, 0.717) is 30.8 Å². The van der Waals surface area contributed by atoms with Gasteiger partial charge in [0.2, 0.25) is 0 Å². The van der Waals surface area contributed by atoms with Gasteiger partial charge in [-0.2, -0.15) is 0 Å². The molecule has 0 saturated carbocycles. The van der Waals surface area contributed by atoms with Gasteiger partial charge in [0.25, 0.3) is 5.91 Å². The van der Waals surface area contributed by atoms with Gasteiger partial charge in [0.15, 0.2) is 0 Å². The zero-order chi connectivity index (χ0) is 15.2. The molecular weight excluding hydrogens is 270 g/mol. The minimum atomic E-state index is -0.334. The summed E-state index contributed by atoms with van der Waals surface area (Å²) in [5.41, 5.74) is 2.10. The summed E-state index contributed by atoms with van der Waals surface area (Å²) in [7, 11) is 0. The van der Waals surface area contributed by atoms with Crippen LogP contribution in [0.15, 0.2) is 18.2 Å². The van der Waals surface area contributed by atoms with Gasteiger partial charge in [0.05, 0.1) is 24.9 Å². The van der Waals surface area contributed by atoms with E-state index in [-0.39, 0.29) is 25.2 Å². The second-order valence-corrected chi connectivity index (χ2v) is 4.94. The number of hydrogen-bond acceptors (Lipinski definition) is 4. The summed E-state index contributed by atoms with van der Waals surface area (Å²) in [6.45, 7) is 2.85. The predicted molar refractivity (Wildman–Crippen MR) is 77.9 cm³/mol. The van der Waals surface area contributed by atoms with Crippen molar-refractivity contribution in [2.45, 2.75) is 13.0 Å². The fourth-order valence-corrected chi connectivity index (χ4v) is 2.26. The molecule has 5 heteroatoms. The fourth-order valence-electron chi connectivity index (χ4n) is 2.26. The lowest BCUT2D eigenvalue weighted by molar-refractivity contribution is -0.0447.